The Morgan fingerprint density at radius 1 is 1.17 bits per heavy atom. The Morgan fingerprint density at radius 3 is 2.06 bits per heavy atom. The van der Waals surface area contributed by atoms with Crippen LogP contribution in [0.3, 0.4) is 0 Å². The van der Waals surface area contributed by atoms with Crippen molar-refractivity contribution in [1.82, 2.24) is 0 Å². The minimum atomic E-state index is -1.47. The van der Waals surface area contributed by atoms with Crippen molar-refractivity contribution in [2.24, 2.45) is 5.41 Å². The van der Waals surface area contributed by atoms with Gasteiger partial charge in [0.05, 0.1) is 12.2 Å². The van der Waals surface area contributed by atoms with Crippen LogP contribution in [0.25, 0.3) is 0 Å². The summed E-state index contributed by atoms with van der Waals surface area (Å²) in [4.78, 5) is 23.3. The van der Waals surface area contributed by atoms with E-state index in [0.29, 0.717) is 6.42 Å². The predicted molar refractivity (Wildman–Crippen MR) is 67.3 cm³/mol. The second-order valence-electron chi connectivity index (χ2n) is 4.93. The van der Waals surface area contributed by atoms with Gasteiger partial charge in [0.15, 0.2) is 5.41 Å². The van der Waals surface area contributed by atoms with Crippen LogP contribution in [0.2, 0.25) is 0 Å². The minimum absolute atomic E-state index is 0.182. The topological polar surface area (TPSA) is 72.8 Å². The molecule has 1 N–H and O–H groups in total. The van der Waals surface area contributed by atoms with Gasteiger partial charge in [0, 0.05) is 7.11 Å². The first-order chi connectivity index (χ1) is 8.25. The van der Waals surface area contributed by atoms with E-state index in [1.165, 1.54) is 0 Å². The zero-order valence-electron chi connectivity index (χ0n) is 11.9. The highest BCUT2D eigenvalue weighted by Crippen LogP contribution is 2.33. The molecule has 0 rings (SSSR count). The highest BCUT2D eigenvalue weighted by molar-refractivity contribution is 5.99. The van der Waals surface area contributed by atoms with E-state index in [1.54, 1.807) is 21.0 Å². The zero-order valence-corrected chi connectivity index (χ0v) is 11.9. The standard InChI is InChI=1S/C13H24O5/c1-6-13(10(14)15,11(16)18-7-2)9-8-12(3,4)17-5/h6-9H2,1-5H3,(H,14,15). The maximum atomic E-state index is 11.9. The van der Waals surface area contributed by atoms with Gasteiger partial charge in [0.1, 0.15) is 0 Å². The van der Waals surface area contributed by atoms with Crippen molar-refractivity contribution in [3.8, 4) is 0 Å². The number of esters is 1. The Bertz CT molecular complexity index is 298. The molecule has 0 heterocycles. The van der Waals surface area contributed by atoms with E-state index in [4.69, 9.17) is 9.47 Å². The lowest BCUT2D eigenvalue weighted by Gasteiger charge is -2.30. The van der Waals surface area contributed by atoms with E-state index >= 15 is 0 Å². The van der Waals surface area contributed by atoms with Gasteiger partial charge in [-0.1, -0.05) is 6.92 Å². The molecule has 5 nitrogen and oxygen atoms in total. The Hall–Kier alpha value is -1.10. The first kappa shape index (κ1) is 16.9. The first-order valence-corrected chi connectivity index (χ1v) is 6.21. The molecule has 1 atom stereocenters. The average molecular weight is 260 g/mol. The number of ether oxygens (including phenoxy) is 2. The Balaban J connectivity index is 4.99. The quantitative estimate of drug-likeness (QED) is 0.535. The molecule has 0 aromatic rings. The van der Waals surface area contributed by atoms with Crippen LogP contribution >= 0.6 is 0 Å². The van der Waals surface area contributed by atoms with Crippen molar-refractivity contribution in [2.45, 2.75) is 52.6 Å². The number of aliphatic carboxylic acids is 1. The Kier molecular flexibility index (Phi) is 6.32. The molecule has 5 heteroatoms. The van der Waals surface area contributed by atoms with Crippen LogP contribution in [0.15, 0.2) is 0 Å². The highest BCUT2D eigenvalue weighted by Gasteiger charge is 2.46. The summed E-state index contributed by atoms with van der Waals surface area (Å²) in [5.41, 5.74) is -1.92. The second-order valence-corrected chi connectivity index (χ2v) is 4.93. The van der Waals surface area contributed by atoms with Gasteiger partial charge in [-0.3, -0.25) is 9.59 Å². The van der Waals surface area contributed by atoms with Crippen LogP contribution in [-0.4, -0.2) is 36.4 Å². The number of rotatable bonds is 8. The molecule has 106 valence electrons. The number of hydrogen-bond acceptors (Lipinski definition) is 4. The molecule has 0 saturated heterocycles. The van der Waals surface area contributed by atoms with Crippen molar-refractivity contribution in [2.75, 3.05) is 13.7 Å². The monoisotopic (exact) mass is 260 g/mol. The van der Waals surface area contributed by atoms with Gasteiger partial charge >= 0.3 is 11.9 Å². The van der Waals surface area contributed by atoms with Crippen molar-refractivity contribution in [3.63, 3.8) is 0 Å². The van der Waals surface area contributed by atoms with Gasteiger partial charge in [-0.25, -0.2) is 0 Å². The molecule has 0 aliphatic carbocycles. The number of carboxylic acids is 1. The lowest BCUT2D eigenvalue weighted by atomic mass is 9.78. The molecule has 1 unspecified atom stereocenters. The van der Waals surface area contributed by atoms with Crippen LogP contribution in [0.5, 0.6) is 0 Å². The number of carboxylic acid groups (broad SMARTS) is 1. The fourth-order valence-corrected chi connectivity index (χ4v) is 1.65. The molecule has 0 aliphatic rings. The van der Waals surface area contributed by atoms with Gasteiger partial charge in [-0.2, -0.15) is 0 Å². The zero-order chi connectivity index (χ0) is 14.4. The van der Waals surface area contributed by atoms with Crippen LogP contribution in [0, 0.1) is 5.41 Å². The van der Waals surface area contributed by atoms with Crippen molar-refractivity contribution >= 4 is 11.9 Å². The summed E-state index contributed by atoms with van der Waals surface area (Å²) in [6, 6.07) is 0. The predicted octanol–water partition coefficient (Wildman–Crippen LogP) is 2.24. The maximum Gasteiger partial charge on any atom is 0.323 e. The van der Waals surface area contributed by atoms with Crippen LogP contribution in [0.4, 0.5) is 0 Å². The van der Waals surface area contributed by atoms with Gasteiger partial charge in [-0.05, 0) is 40.0 Å². The minimum Gasteiger partial charge on any atom is -0.480 e. The van der Waals surface area contributed by atoms with Gasteiger partial charge < -0.3 is 14.6 Å². The van der Waals surface area contributed by atoms with Crippen LogP contribution in [-0.2, 0) is 19.1 Å². The lowest BCUT2D eigenvalue weighted by molar-refractivity contribution is -0.170. The number of hydrogen-bond donors (Lipinski definition) is 1. The second kappa shape index (κ2) is 6.73. The van der Waals surface area contributed by atoms with Crippen molar-refractivity contribution in [1.29, 1.82) is 0 Å². The third kappa shape index (κ3) is 3.98. The SMILES string of the molecule is CCOC(=O)C(CC)(CCC(C)(C)OC)C(=O)O. The van der Waals surface area contributed by atoms with Gasteiger partial charge in [0.2, 0.25) is 0 Å². The summed E-state index contributed by atoms with van der Waals surface area (Å²) < 4.78 is 10.1. The normalized spacial score (nSPS) is 14.9. The van der Waals surface area contributed by atoms with E-state index in [9.17, 15) is 14.7 Å². The summed E-state index contributed by atoms with van der Waals surface area (Å²) in [5, 5.41) is 9.35. The molecule has 0 saturated carbocycles. The maximum absolute atomic E-state index is 11.9. The number of carbonyl (C=O) groups excluding carboxylic acids is 1. The third-order valence-electron chi connectivity index (χ3n) is 3.39. The fraction of sp³-hybridized carbons (Fsp3) is 0.846. The third-order valence-corrected chi connectivity index (χ3v) is 3.39. The molecule has 0 aliphatic heterocycles. The molecule has 0 aromatic heterocycles. The van der Waals surface area contributed by atoms with E-state index in [2.05, 4.69) is 0 Å². The average Bonchev–Trinajstić information content (AvgIpc) is 2.30. The molecular formula is C13H24O5. The highest BCUT2D eigenvalue weighted by atomic mass is 16.5. The molecule has 0 amide bonds. The molecule has 18 heavy (non-hydrogen) atoms. The lowest BCUT2D eigenvalue weighted by Crippen LogP contribution is -2.42. The van der Waals surface area contributed by atoms with Crippen LogP contribution < -0.4 is 0 Å². The summed E-state index contributed by atoms with van der Waals surface area (Å²) in [5.74, 6) is -1.79. The first-order valence-electron chi connectivity index (χ1n) is 6.21. The smallest absolute Gasteiger partial charge is 0.323 e. The van der Waals surface area contributed by atoms with Gasteiger partial charge in [0.25, 0.3) is 0 Å². The largest absolute Gasteiger partial charge is 0.480 e. The Morgan fingerprint density at radius 2 is 1.72 bits per heavy atom. The van der Waals surface area contributed by atoms with E-state index in [1.807, 2.05) is 13.8 Å². The van der Waals surface area contributed by atoms with Crippen molar-refractivity contribution in [3.05, 3.63) is 0 Å². The van der Waals surface area contributed by atoms with Crippen molar-refractivity contribution < 1.29 is 24.2 Å². The molecule has 0 aromatic carbocycles. The molecule has 0 fully saturated rings. The molecule has 0 radical (unpaired) electrons. The molecule has 0 spiro atoms. The summed E-state index contributed by atoms with van der Waals surface area (Å²) in [6.07, 6.45) is 0.891. The van der Waals surface area contributed by atoms with Crippen LogP contribution in [0.1, 0.15) is 47.0 Å². The Labute approximate surface area is 108 Å². The number of methoxy groups -OCH3 is 1. The molecular weight excluding hydrogens is 236 g/mol. The summed E-state index contributed by atoms with van der Waals surface area (Å²) in [6.45, 7) is 7.26. The van der Waals surface area contributed by atoms with E-state index < -0.39 is 23.0 Å². The number of carbonyl (C=O) groups is 2. The van der Waals surface area contributed by atoms with E-state index in [-0.39, 0.29) is 19.4 Å². The summed E-state index contributed by atoms with van der Waals surface area (Å²) in [7, 11) is 1.57. The van der Waals surface area contributed by atoms with Gasteiger partial charge in [-0.15, -0.1) is 0 Å². The van der Waals surface area contributed by atoms with E-state index in [0.717, 1.165) is 0 Å². The molecule has 0 bridgehead atoms. The summed E-state index contributed by atoms with van der Waals surface area (Å²) >= 11 is 0. The fourth-order valence-electron chi connectivity index (χ4n) is 1.65.